The molecule has 0 radical (unpaired) electrons. The molecule has 6 heteroatoms. The molecule has 0 aromatic heterocycles. The summed E-state index contributed by atoms with van der Waals surface area (Å²) in [7, 11) is 0. The lowest BCUT2D eigenvalue weighted by Gasteiger charge is -2.24. The van der Waals surface area contributed by atoms with Crippen LogP contribution in [0, 0.1) is 5.92 Å². The van der Waals surface area contributed by atoms with Gasteiger partial charge in [-0.05, 0) is 44.4 Å². The third kappa shape index (κ3) is 7.03. The van der Waals surface area contributed by atoms with Crippen molar-refractivity contribution in [2.45, 2.75) is 39.0 Å². The van der Waals surface area contributed by atoms with Crippen molar-refractivity contribution >= 4 is 17.9 Å². The van der Waals surface area contributed by atoms with Crippen LogP contribution in [0.15, 0.2) is 60.7 Å². The van der Waals surface area contributed by atoms with Crippen molar-refractivity contribution in [3.8, 4) is 5.75 Å². The lowest BCUT2D eigenvalue weighted by atomic mass is 9.82. The van der Waals surface area contributed by atoms with Crippen molar-refractivity contribution in [3.05, 3.63) is 66.2 Å². The van der Waals surface area contributed by atoms with Gasteiger partial charge < -0.3 is 14.2 Å². The fourth-order valence-electron chi connectivity index (χ4n) is 3.25. The Balaban J connectivity index is 2.12. The molecule has 0 amide bonds. The first kappa shape index (κ1) is 23.1. The second-order valence-corrected chi connectivity index (χ2v) is 6.68. The molecule has 6 nitrogen and oxygen atoms in total. The molecule has 2 aromatic carbocycles. The summed E-state index contributed by atoms with van der Waals surface area (Å²) in [4.78, 5) is 37.4. The second kappa shape index (κ2) is 12.4. The quantitative estimate of drug-likeness (QED) is 0.311. The van der Waals surface area contributed by atoms with Crippen LogP contribution < -0.4 is 4.74 Å². The first-order valence-electron chi connectivity index (χ1n) is 10.2. The highest BCUT2D eigenvalue weighted by Gasteiger charge is 2.38. The van der Waals surface area contributed by atoms with Crippen molar-refractivity contribution in [2.75, 3.05) is 13.2 Å². The number of carbonyl (C=O) groups is 3. The molecule has 30 heavy (non-hydrogen) atoms. The van der Waals surface area contributed by atoms with E-state index in [-0.39, 0.29) is 25.6 Å². The zero-order chi connectivity index (χ0) is 21.8. The summed E-state index contributed by atoms with van der Waals surface area (Å²) >= 11 is 0. The molecular weight excluding hydrogens is 384 g/mol. The fraction of sp³-hybridized carbons (Fsp3) is 0.375. The van der Waals surface area contributed by atoms with Crippen LogP contribution in [0.2, 0.25) is 0 Å². The summed E-state index contributed by atoms with van der Waals surface area (Å²) in [5, 5.41) is 0. The zero-order valence-electron chi connectivity index (χ0n) is 17.4. The molecule has 0 aliphatic heterocycles. The van der Waals surface area contributed by atoms with Gasteiger partial charge in [-0.25, -0.2) is 0 Å². The number of hydrogen-bond acceptors (Lipinski definition) is 6. The van der Waals surface area contributed by atoms with Crippen molar-refractivity contribution in [2.24, 2.45) is 5.92 Å². The Morgan fingerprint density at radius 3 is 1.87 bits per heavy atom. The van der Waals surface area contributed by atoms with E-state index in [1.165, 1.54) is 0 Å². The van der Waals surface area contributed by atoms with E-state index < -0.39 is 23.8 Å². The predicted octanol–water partition coefficient (Wildman–Crippen LogP) is 4.29. The molecule has 0 bridgehead atoms. The molecule has 0 saturated heterocycles. The van der Waals surface area contributed by atoms with E-state index in [0.29, 0.717) is 18.6 Å². The van der Waals surface area contributed by atoms with Crippen LogP contribution in [-0.2, 0) is 23.9 Å². The number of hydrogen-bond donors (Lipinski definition) is 0. The molecule has 0 aliphatic carbocycles. The van der Waals surface area contributed by atoms with Gasteiger partial charge in [0, 0.05) is 12.3 Å². The average Bonchev–Trinajstić information content (AvgIpc) is 2.74. The summed E-state index contributed by atoms with van der Waals surface area (Å²) in [6.07, 6.45) is 1.04. The molecule has 1 unspecified atom stereocenters. The largest absolute Gasteiger partial charge is 0.465 e. The highest BCUT2D eigenvalue weighted by Crippen LogP contribution is 2.32. The first-order chi connectivity index (χ1) is 14.6. The number of para-hydroxylation sites is 1. The van der Waals surface area contributed by atoms with E-state index in [4.69, 9.17) is 14.2 Å². The van der Waals surface area contributed by atoms with Gasteiger partial charge in [0.2, 0.25) is 0 Å². The van der Waals surface area contributed by atoms with Crippen LogP contribution in [0.4, 0.5) is 0 Å². The lowest BCUT2D eigenvalue weighted by Crippen LogP contribution is -2.33. The van der Waals surface area contributed by atoms with E-state index in [2.05, 4.69) is 0 Å². The molecule has 0 spiro atoms. The molecule has 0 saturated carbocycles. The number of rotatable bonds is 11. The second-order valence-electron chi connectivity index (χ2n) is 6.68. The molecule has 0 fully saturated rings. The van der Waals surface area contributed by atoms with Crippen molar-refractivity contribution < 1.29 is 28.6 Å². The summed E-state index contributed by atoms with van der Waals surface area (Å²) in [6, 6.07) is 18.1. The molecule has 1 atom stereocenters. The van der Waals surface area contributed by atoms with Gasteiger partial charge >= 0.3 is 17.9 Å². The maximum absolute atomic E-state index is 12.6. The minimum absolute atomic E-state index is 0.163. The normalized spacial score (nSPS) is 11.6. The van der Waals surface area contributed by atoms with Gasteiger partial charge in [0.05, 0.1) is 13.2 Å². The Labute approximate surface area is 177 Å². The van der Waals surface area contributed by atoms with Crippen LogP contribution in [0.1, 0.15) is 44.6 Å². The Hall–Kier alpha value is -3.15. The first-order valence-corrected chi connectivity index (χ1v) is 10.2. The molecule has 2 rings (SSSR count). The Morgan fingerprint density at radius 2 is 1.33 bits per heavy atom. The lowest BCUT2D eigenvalue weighted by molar-refractivity contribution is -0.163. The number of carbonyl (C=O) groups excluding carboxylic acids is 3. The highest BCUT2D eigenvalue weighted by atomic mass is 16.6. The smallest absolute Gasteiger partial charge is 0.320 e. The van der Waals surface area contributed by atoms with E-state index in [0.717, 1.165) is 5.56 Å². The standard InChI is InChI=1S/C24H28O6/c1-3-28-23(26)22(24(27)29-4-2)20(18-12-7-5-8-13-18)16-11-17-21(25)30-19-14-9-6-10-15-19/h5-10,12-15,20,22H,3-4,11,16-17H2,1-2H3. The van der Waals surface area contributed by atoms with E-state index >= 15 is 0 Å². The van der Waals surface area contributed by atoms with Gasteiger partial charge in [-0.3, -0.25) is 14.4 Å². The molecule has 0 aliphatic rings. The summed E-state index contributed by atoms with van der Waals surface area (Å²) in [5.74, 6) is -2.66. The van der Waals surface area contributed by atoms with Gasteiger partial charge in [-0.1, -0.05) is 48.5 Å². The Kier molecular flexibility index (Phi) is 9.58. The van der Waals surface area contributed by atoms with E-state index in [1.54, 1.807) is 38.1 Å². The third-order valence-corrected chi connectivity index (χ3v) is 4.58. The SMILES string of the molecule is CCOC(=O)C(C(=O)OCC)C(CCCC(=O)Oc1ccccc1)c1ccccc1. The van der Waals surface area contributed by atoms with Crippen LogP contribution in [-0.4, -0.2) is 31.1 Å². The molecular formula is C24H28O6. The Morgan fingerprint density at radius 1 is 0.800 bits per heavy atom. The maximum Gasteiger partial charge on any atom is 0.320 e. The Bertz CT molecular complexity index is 785. The molecule has 0 heterocycles. The van der Waals surface area contributed by atoms with Gasteiger partial charge in [-0.2, -0.15) is 0 Å². The number of benzene rings is 2. The molecule has 2 aromatic rings. The van der Waals surface area contributed by atoms with E-state index in [9.17, 15) is 14.4 Å². The summed E-state index contributed by atoms with van der Waals surface area (Å²) in [6.45, 7) is 3.72. The monoisotopic (exact) mass is 412 g/mol. The van der Waals surface area contributed by atoms with Crippen LogP contribution >= 0.6 is 0 Å². The van der Waals surface area contributed by atoms with Crippen LogP contribution in [0.5, 0.6) is 5.75 Å². The van der Waals surface area contributed by atoms with Crippen molar-refractivity contribution in [3.63, 3.8) is 0 Å². The van der Waals surface area contributed by atoms with Crippen LogP contribution in [0.3, 0.4) is 0 Å². The van der Waals surface area contributed by atoms with Gasteiger partial charge in [-0.15, -0.1) is 0 Å². The van der Waals surface area contributed by atoms with Gasteiger partial charge in [0.25, 0.3) is 0 Å². The summed E-state index contributed by atoms with van der Waals surface area (Å²) < 4.78 is 15.6. The minimum atomic E-state index is -1.09. The molecule has 160 valence electrons. The highest BCUT2D eigenvalue weighted by molar-refractivity contribution is 5.96. The van der Waals surface area contributed by atoms with E-state index in [1.807, 2.05) is 36.4 Å². The van der Waals surface area contributed by atoms with Crippen LogP contribution in [0.25, 0.3) is 0 Å². The fourth-order valence-corrected chi connectivity index (χ4v) is 3.25. The zero-order valence-corrected chi connectivity index (χ0v) is 17.4. The maximum atomic E-state index is 12.6. The minimum Gasteiger partial charge on any atom is -0.465 e. The topological polar surface area (TPSA) is 78.9 Å². The number of esters is 3. The predicted molar refractivity (Wildman–Crippen MR) is 112 cm³/mol. The average molecular weight is 412 g/mol. The van der Waals surface area contributed by atoms with Gasteiger partial charge in [0.1, 0.15) is 5.75 Å². The summed E-state index contributed by atoms with van der Waals surface area (Å²) in [5.41, 5.74) is 0.819. The third-order valence-electron chi connectivity index (χ3n) is 4.58. The molecule has 0 N–H and O–H groups in total. The van der Waals surface area contributed by atoms with Gasteiger partial charge in [0.15, 0.2) is 5.92 Å². The van der Waals surface area contributed by atoms with Crippen molar-refractivity contribution in [1.29, 1.82) is 0 Å². The number of ether oxygens (including phenoxy) is 3. The van der Waals surface area contributed by atoms with Crippen molar-refractivity contribution in [1.82, 2.24) is 0 Å².